The summed E-state index contributed by atoms with van der Waals surface area (Å²) in [6.45, 7) is 6.06. The third-order valence-corrected chi connectivity index (χ3v) is 5.22. The number of fused-ring (bicyclic) bond motifs is 1. The molecule has 1 aliphatic heterocycles. The van der Waals surface area contributed by atoms with Gasteiger partial charge in [-0.25, -0.2) is 4.79 Å². The quantitative estimate of drug-likeness (QED) is 0.841. The van der Waals surface area contributed by atoms with Crippen molar-refractivity contribution in [2.24, 2.45) is 0 Å². The fraction of sp³-hybridized carbons (Fsp3) is 0.474. The van der Waals surface area contributed by atoms with Crippen molar-refractivity contribution in [3.63, 3.8) is 0 Å². The molecule has 0 saturated carbocycles. The molecule has 0 amide bonds. The molecule has 0 aliphatic carbocycles. The van der Waals surface area contributed by atoms with Crippen molar-refractivity contribution >= 4 is 16.9 Å². The number of aryl methyl sites for hydroxylation is 1. The Labute approximate surface area is 141 Å². The Bertz CT molecular complexity index is 825. The van der Waals surface area contributed by atoms with Gasteiger partial charge in [0.25, 0.3) is 0 Å². The number of hydrogen-bond donors (Lipinski definition) is 2. The van der Waals surface area contributed by atoms with Crippen LogP contribution in [0, 0.1) is 6.92 Å². The van der Waals surface area contributed by atoms with E-state index in [1.807, 2.05) is 6.92 Å². The number of benzene rings is 1. The van der Waals surface area contributed by atoms with Crippen LogP contribution in [0.3, 0.4) is 0 Å². The first-order valence-electron chi connectivity index (χ1n) is 8.59. The van der Waals surface area contributed by atoms with Crippen LogP contribution in [0.2, 0.25) is 0 Å². The number of likely N-dealkylation sites (tertiary alicyclic amines) is 1. The molecule has 1 aliphatic rings. The third-order valence-electron chi connectivity index (χ3n) is 5.22. The Kier molecular flexibility index (Phi) is 4.71. The maximum atomic E-state index is 13.0. The molecule has 24 heavy (non-hydrogen) atoms. The molecule has 1 aromatic heterocycles. The van der Waals surface area contributed by atoms with Crippen molar-refractivity contribution in [1.29, 1.82) is 0 Å². The lowest BCUT2D eigenvalue weighted by Gasteiger charge is -2.30. The predicted molar refractivity (Wildman–Crippen MR) is 93.5 cm³/mol. The second-order valence-corrected chi connectivity index (χ2v) is 6.79. The first kappa shape index (κ1) is 16.7. The molecule has 2 N–H and O–H groups in total. The zero-order valence-corrected chi connectivity index (χ0v) is 14.6. The van der Waals surface area contributed by atoms with Gasteiger partial charge in [0.1, 0.15) is 6.54 Å². The number of methoxy groups -OCH3 is 1. The van der Waals surface area contributed by atoms with Crippen LogP contribution < -0.4 is 10.3 Å². The second kappa shape index (κ2) is 6.77. The molecule has 0 spiro atoms. The van der Waals surface area contributed by atoms with Gasteiger partial charge < -0.3 is 14.6 Å². The van der Waals surface area contributed by atoms with Gasteiger partial charge in [-0.1, -0.05) is 0 Å². The van der Waals surface area contributed by atoms with E-state index in [4.69, 9.17) is 4.74 Å². The predicted octanol–water partition coefficient (Wildman–Crippen LogP) is 1.58. The van der Waals surface area contributed by atoms with E-state index >= 15 is 0 Å². The highest BCUT2D eigenvalue weighted by Gasteiger charge is 2.24. The Balaban J connectivity index is 2.04. The molecular formula is C19H25N2O3+. The lowest BCUT2D eigenvalue weighted by Crippen LogP contribution is -3.15. The summed E-state index contributed by atoms with van der Waals surface area (Å²) in [6.07, 6.45) is 3.71. The smallest absolute Gasteiger partial charge is 0.337 e. The van der Waals surface area contributed by atoms with Crippen LogP contribution in [0.5, 0.6) is 0 Å². The number of nitrogens with one attached hydrogen (secondary N) is 2. The first-order chi connectivity index (χ1) is 11.5. The Morgan fingerprint density at radius 1 is 1.38 bits per heavy atom. The molecule has 5 heteroatoms. The van der Waals surface area contributed by atoms with Gasteiger partial charge in [-0.15, -0.1) is 0 Å². The van der Waals surface area contributed by atoms with E-state index in [9.17, 15) is 9.59 Å². The normalized spacial score (nSPS) is 21.0. The minimum absolute atomic E-state index is 0.0253. The summed E-state index contributed by atoms with van der Waals surface area (Å²) in [6, 6.07) is 5.67. The highest BCUT2D eigenvalue weighted by Crippen LogP contribution is 2.14. The molecule has 0 bridgehead atoms. The summed E-state index contributed by atoms with van der Waals surface area (Å²) in [5, 5.41) is 0.558. The summed E-state index contributed by atoms with van der Waals surface area (Å²) in [5.41, 5.74) is 2.94. The molecule has 2 heterocycles. The largest absolute Gasteiger partial charge is 0.465 e. The number of rotatable bonds is 3. The maximum Gasteiger partial charge on any atom is 0.337 e. The number of hydrogen-bond acceptors (Lipinski definition) is 3. The van der Waals surface area contributed by atoms with E-state index in [2.05, 4.69) is 11.9 Å². The number of aromatic nitrogens is 1. The van der Waals surface area contributed by atoms with Crippen LogP contribution in [0.1, 0.15) is 47.8 Å². The van der Waals surface area contributed by atoms with Crippen LogP contribution >= 0.6 is 0 Å². The van der Waals surface area contributed by atoms with Gasteiger partial charge >= 0.3 is 5.97 Å². The van der Waals surface area contributed by atoms with Crippen LogP contribution in [0.4, 0.5) is 0 Å². The van der Waals surface area contributed by atoms with Gasteiger partial charge in [-0.05, 0) is 51.3 Å². The molecule has 1 unspecified atom stereocenters. The van der Waals surface area contributed by atoms with Gasteiger partial charge in [-0.3, -0.25) is 4.79 Å². The molecule has 3 rings (SSSR count). The standard InChI is InChI=1S/C19H24N2O3/c1-12-6-4-5-9-21(12)11-16-13(2)20-17-8-7-14(19(23)24-3)10-15(17)18(16)22/h7-8,10,12H,4-6,9,11H2,1-3H3,(H,20,22)/p+1/t12-/m0/s1. The Morgan fingerprint density at radius 3 is 2.88 bits per heavy atom. The number of ether oxygens (including phenoxy) is 1. The summed E-state index contributed by atoms with van der Waals surface area (Å²) in [7, 11) is 1.35. The summed E-state index contributed by atoms with van der Waals surface area (Å²) in [4.78, 5) is 29.5. The molecule has 1 saturated heterocycles. The molecule has 1 aromatic carbocycles. The number of carbonyl (C=O) groups is 1. The van der Waals surface area contributed by atoms with Crippen molar-refractivity contribution in [3.05, 3.63) is 45.2 Å². The SMILES string of the molecule is COC(=O)c1ccc2[nH]c(C)c(C[NH+]3CCCC[C@@H]3C)c(=O)c2c1. The number of quaternary nitrogens is 1. The van der Waals surface area contributed by atoms with Crippen molar-refractivity contribution in [3.8, 4) is 0 Å². The maximum absolute atomic E-state index is 13.0. The number of pyridine rings is 1. The fourth-order valence-electron chi connectivity index (χ4n) is 3.65. The molecule has 128 valence electrons. The minimum atomic E-state index is -0.422. The average Bonchev–Trinajstić information content (AvgIpc) is 2.59. The van der Waals surface area contributed by atoms with Crippen LogP contribution in [-0.2, 0) is 11.3 Å². The fourth-order valence-corrected chi connectivity index (χ4v) is 3.65. The number of piperidine rings is 1. The van der Waals surface area contributed by atoms with Crippen molar-refractivity contribution in [2.45, 2.75) is 45.7 Å². The van der Waals surface area contributed by atoms with E-state index in [1.54, 1.807) is 18.2 Å². The summed E-state index contributed by atoms with van der Waals surface area (Å²) < 4.78 is 4.76. The first-order valence-corrected chi connectivity index (χ1v) is 8.59. The average molecular weight is 329 g/mol. The second-order valence-electron chi connectivity index (χ2n) is 6.79. The van der Waals surface area contributed by atoms with Crippen LogP contribution in [-0.4, -0.2) is 30.6 Å². The van der Waals surface area contributed by atoms with Gasteiger partial charge in [0.05, 0.1) is 30.8 Å². The molecule has 2 atom stereocenters. The van der Waals surface area contributed by atoms with Gasteiger partial charge in [0.2, 0.25) is 0 Å². The Hall–Kier alpha value is -2.14. The molecule has 1 fully saturated rings. The lowest BCUT2D eigenvalue weighted by molar-refractivity contribution is -0.942. The minimum Gasteiger partial charge on any atom is -0.465 e. The van der Waals surface area contributed by atoms with Crippen LogP contribution in [0.15, 0.2) is 23.0 Å². The number of esters is 1. The van der Waals surface area contributed by atoms with E-state index in [-0.39, 0.29) is 5.43 Å². The van der Waals surface area contributed by atoms with Gasteiger partial charge in [0, 0.05) is 16.6 Å². The number of aromatic amines is 1. The number of carbonyl (C=O) groups excluding carboxylic acids is 1. The number of H-pyrrole nitrogens is 1. The molecular weight excluding hydrogens is 304 g/mol. The highest BCUT2D eigenvalue weighted by molar-refractivity contribution is 5.94. The topological polar surface area (TPSA) is 63.6 Å². The third kappa shape index (κ3) is 3.08. The van der Waals surface area contributed by atoms with Gasteiger partial charge in [-0.2, -0.15) is 0 Å². The monoisotopic (exact) mass is 329 g/mol. The van der Waals surface area contributed by atoms with E-state index in [0.717, 1.165) is 29.9 Å². The zero-order chi connectivity index (χ0) is 17.3. The van der Waals surface area contributed by atoms with E-state index in [0.29, 0.717) is 17.0 Å². The lowest BCUT2D eigenvalue weighted by atomic mass is 10.0. The van der Waals surface area contributed by atoms with Gasteiger partial charge in [0.15, 0.2) is 5.43 Å². The van der Waals surface area contributed by atoms with E-state index in [1.165, 1.54) is 31.3 Å². The van der Waals surface area contributed by atoms with Crippen LogP contribution in [0.25, 0.3) is 10.9 Å². The molecule has 0 radical (unpaired) electrons. The van der Waals surface area contributed by atoms with Crippen molar-refractivity contribution in [1.82, 2.24) is 4.98 Å². The molecule has 5 nitrogen and oxygen atoms in total. The van der Waals surface area contributed by atoms with E-state index < -0.39 is 5.97 Å². The highest BCUT2D eigenvalue weighted by atomic mass is 16.5. The molecule has 2 aromatic rings. The zero-order valence-electron chi connectivity index (χ0n) is 14.6. The summed E-state index contributed by atoms with van der Waals surface area (Å²) in [5.74, 6) is -0.422. The summed E-state index contributed by atoms with van der Waals surface area (Å²) >= 11 is 0. The van der Waals surface area contributed by atoms with Crippen molar-refractivity contribution < 1.29 is 14.4 Å². The van der Waals surface area contributed by atoms with Crippen molar-refractivity contribution in [2.75, 3.05) is 13.7 Å². The Morgan fingerprint density at radius 2 is 2.17 bits per heavy atom.